The van der Waals surface area contributed by atoms with Gasteiger partial charge in [0, 0.05) is 4.88 Å². The molecule has 0 saturated heterocycles. The van der Waals surface area contributed by atoms with Gasteiger partial charge in [0.1, 0.15) is 11.3 Å². The Hall–Kier alpha value is -2.40. The van der Waals surface area contributed by atoms with Gasteiger partial charge < -0.3 is 9.84 Å². The minimum Gasteiger partial charge on any atom is -0.361 e. The van der Waals surface area contributed by atoms with Gasteiger partial charge >= 0.3 is 0 Å². The third-order valence-electron chi connectivity index (χ3n) is 4.82. The highest BCUT2D eigenvalue weighted by molar-refractivity contribution is 7.10. The van der Waals surface area contributed by atoms with E-state index in [4.69, 9.17) is 4.52 Å². The molecular formula is C20H20N2O2S. The average molecular weight is 352 g/mol. The van der Waals surface area contributed by atoms with Crippen LogP contribution in [0.25, 0.3) is 0 Å². The maximum absolute atomic E-state index is 12.9. The minimum absolute atomic E-state index is 0.143. The van der Waals surface area contributed by atoms with E-state index in [2.05, 4.69) is 34.7 Å². The number of aryl methyl sites for hydroxylation is 4. The van der Waals surface area contributed by atoms with E-state index in [1.807, 2.05) is 11.4 Å². The Morgan fingerprint density at radius 1 is 1.24 bits per heavy atom. The van der Waals surface area contributed by atoms with Crippen molar-refractivity contribution >= 4 is 17.2 Å². The number of hydrogen-bond acceptors (Lipinski definition) is 4. The van der Waals surface area contributed by atoms with Crippen molar-refractivity contribution in [3.8, 4) is 0 Å². The van der Waals surface area contributed by atoms with Crippen molar-refractivity contribution in [1.82, 2.24) is 10.5 Å². The average Bonchev–Trinajstić information content (AvgIpc) is 3.33. The van der Waals surface area contributed by atoms with E-state index in [-0.39, 0.29) is 11.9 Å². The summed E-state index contributed by atoms with van der Waals surface area (Å²) in [4.78, 5) is 14.0. The molecule has 0 aliphatic heterocycles. The van der Waals surface area contributed by atoms with Crippen LogP contribution in [0.4, 0.5) is 0 Å². The van der Waals surface area contributed by atoms with Crippen LogP contribution in [0.15, 0.2) is 40.2 Å². The largest absolute Gasteiger partial charge is 0.361 e. The van der Waals surface area contributed by atoms with Gasteiger partial charge in [-0.1, -0.05) is 29.4 Å². The quantitative estimate of drug-likeness (QED) is 0.759. The van der Waals surface area contributed by atoms with Crippen molar-refractivity contribution in [1.29, 1.82) is 0 Å². The molecule has 1 aliphatic rings. The monoisotopic (exact) mass is 352 g/mol. The van der Waals surface area contributed by atoms with Gasteiger partial charge in [-0.3, -0.25) is 4.79 Å². The van der Waals surface area contributed by atoms with E-state index in [9.17, 15) is 4.79 Å². The van der Waals surface area contributed by atoms with E-state index < -0.39 is 0 Å². The predicted molar refractivity (Wildman–Crippen MR) is 98.1 cm³/mol. The van der Waals surface area contributed by atoms with Gasteiger partial charge in [-0.15, -0.1) is 11.3 Å². The molecular weight excluding hydrogens is 332 g/mol. The van der Waals surface area contributed by atoms with E-state index in [1.54, 1.807) is 25.2 Å². The number of fused-ring (bicyclic) bond motifs is 1. The van der Waals surface area contributed by atoms with Crippen molar-refractivity contribution in [3.63, 3.8) is 0 Å². The molecule has 0 fully saturated rings. The van der Waals surface area contributed by atoms with Crippen molar-refractivity contribution in [2.24, 2.45) is 0 Å². The standard InChI is InChI=1S/C20H20N2O2S/c1-12-18(13(2)24-22-12)20(23)21-19(17-7-4-10-25-17)16-9-8-14-5-3-6-15(14)11-16/h4,7-11,19H,3,5-6H2,1-2H3,(H,21,23). The second-order valence-electron chi connectivity index (χ2n) is 6.50. The third kappa shape index (κ3) is 3.00. The molecule has 0 radical (unpaired) electrons. The molecule has 1 aliphatic carbocycles. The number of nitrogens with one attached hydrogen (secondary N) is 1. The van der Waals surface area contributed by atoms with Gasteiger partial charge in [0.25, 0.3) is 5.91 Å². The van der Waals surface area contributed by atoms with Gasteiger partial charge in [-0.05, 0) is 61.2 Å². The van der Waals surface area contributed by atoms with Crippen molar-refractivity contribution in [3.05, 3.63) is 74.3 Å². The number of hydrogen-bond donors (Lipinski definition) is 1. The van der Waals surface area contributed by atoms with Gasteiger partial charge in [-0.2, -0.15) is 0 Å². The zero-order valence-corrected chi connectivity index (χ0v) is 15.2. The van der Waals surface area contributed by atoms with E-state index >= 15 is 0 Å². The van der Waals surface area contributed by atoms with Crippen molar-refractivity contribution < 1.29 is 9.32 Å². The Kier molecular flexibility index (Phi) is 4.17. The predicted octanol–water partition coefficient (Wildman–Crippen LogP) is 4.36. The molecule has 1 atom stereocenters. The molecule has 25 heavy (non-hydrogen) atoms. The van der Waals surface area contributed by atoms with Crippen LogP contribution in [0, 0.1) is 13.8 Å². The topological polar surface area (TPSA) is 55.1 Å². The molecule has 2 heterocycles. The van der Waals surface area contributed by atoms with E-state index in [0.717, 1.165) is 23.3 Å². The Labute approximate surface area is 150 Å². The van der Waals surface area contributed by atoms with Crippen LogP contribution >= 0.6 is 11.3 Å². The molecule has 4 rings (SSSR count). The van der Waals surface area contributed by atoms with Gasteiger partial charge in [0.05, 0.1) is 11.7 Å². The molecule has 1 amide bonds. The molecule has 0 bridgehead atoms. The molecule has 0 saturated carbocycles. The number of carbonyl (C=O) groups excluding carboxylic acids is 1. The van der Waals surface area contributed by atoms with Gasteiger partial charge in [-0.25, -0.2) is 0 Å². The summed E-state index contributed by atoms with van der Waals surface area (Å²) in [5, 5.41) is 9.12. The highest BCUT2D eigenvalue weighted by Crippen LogP contribution is 2.31. The normalized spacial score (nSPS) is 14.3. The van der Waals surface area contributed by atoms with Crippen LogP contribution in [0.3, 0.4) is 0 Å². The van der Waals surface area contributed by atoms with Crippen molar-refractivity contribution in [2.45, 2.75) is 39.2 Å². The molecule has 5 heteroatoms. The third-order valence-corrected chi connectivity index (χ3v) is 5.76. The van der Waals surface area contributed by atoms with E-state index in [0.29, 0.717) is 17.0 Å². The molecule has 0 spiro atoms. The molecule has 1 aromatic carbocycles. The lowest BCUT2D eigenvalue weighted by Crippen LogP contribution is -2.29. The van der Waals surface area contributed by atoms with Crippen LogP contribution in [0.1, 0.15) is 55.8 Å². The molecule has 1 unspecified atom stereocenters. The number of rotatable bonds is 4. The number of nitrogens with zero attached hydrogens (tertiary/aromatic N) is 1. The fourth-order valence-electron chi connectivity index (χ4n) is 3.56. The fraction of sp³-hybridized carbons (Fsp3) is 0.300. The lowest BCUT2D eigenvalue weighted by molar-refractivity contribution is 0.0941. The second kappa shape index (κ2) is 6.48. The summed E-state index contributed by atoms with van der Waals surface area (Å²) in [5.41, 5.74) is 5.12. The Morgan fingerprint density at radius 3 is 2.80 bits per heavy atom. The summed E-state index contributed by atoms with van der Waals surface area (Å²) in [5.74, 6) is 0.407. The summed E-state index contributed by atoms with van der Waals surface area (Å²) in [6, 6.07) is 10.5. The molecule has 1 N–H and O–H groups in total. The van der Waals surface area contributed by atoms with Crippen LogP contribution in [-0.4, -0.2) is 11.1 Å². The van der Waals surface area contributed by atoms with Crippen LogP contribution in [0.2, 0.25) is 0 Å². The maximum Gasteiger partial charge on any atom is 0.257 e. The van der Waals surface area contributed by atoms with Crippen molar-refractivity contribution in [2.75, 3.05) is 0 Å². The highest BCUT2D eigenvalue weighted by Gasteiger charge is 2.24. The fourth-order valence-corrected chi connectivity index (χ4v) is 4.36. The molecule has 2 aromatic heterocycles. The van der Waals surface area contributed by atoms with Gasteiger partial charge in [0.2, 0.25) is 0 Å². The lowest BCUT2D eigenvalue weighted by atomic mass is 9.99. The Morgan fingerprint density at radius 2 is 2.08 bits per heavy atom. The first-order chi connectivity index (χ1) is 12.1. The zero-order valence-electron chi connectivity index (χ0n) is 14.3. The number of benzene rings is 1. The van der Waals surface area contributed by atoms with Crippen LogP contribution in [0.5, 0.6) is 0 Å². The lowest BCUT2D eigenvalue weighted by Gasteiger charge is -2.19. The number of carbonyl (C=O) groups is 1. The first-order valence-electron chi connectivity index (χ1n) is 8.52. The summed E-state index contributed by atoms with van der Waals surface area (Å²) in [7, 11) is 0. The second-order valence-corrected chi connectivity index (χ2v) is 7.48. The number of amides is 1. The molecule has 4 nitrogen and oxygen atoms in total. The smallest absolute Gasteiger partial charge is 0.257 e. The summed E-state index contributed by atoms with van der Waals surface area (Å²) in [6.45, 7) is 3.56. The Balaban J connectivity index is 1.69. The first kappa shape index (κ1) is 16.1. The zero-order chi connectivity index (χ0) is 17.4. The summed E-state index contributed by atoms with van der Waals surface area (Å²) < 4.78 is 5.15. The minimum atomic E-state index is -0.160. The Bertz CT molecular complexity index is 892. The van der Waals surface area contributed by atoms with E-state index in [1.165, 1.54) is 17.5 Å². The SMILES string of the molecule is Cc1noc(C)c1C(=O)NC(c1ccc2c(c1)CCC2)c1cccs1. The summed E-state index contributed by atoms with van der Waals surface area (Å²) >= 11 is 1.65. The maximum atomic E-state index is 12.9. The molecule has 128 valence electrons. The highest BCUT2D eigenvalue weighted by atomic mass is 32.1. The summed E-state index contributed by atoms with van der Waals surface area (Å²) in [6.07, 6.45) is 3.50. The first-order valence-corrected chi connectivity index (χ1v) is 9.40. The van der Waals surface area contributed by atoms with Crippen LogP contribution < -0.4 is 5.32 Å². The number of aromatic nitrogens is 1. The van der Waals surface area contributed by atoms with Crippen LogP contribution in [-0.2, 0) is 12.8 Å². The van der Waals surface area contributed by atoms with Gasteiger partial charge in [0.15, 0.2) is 0 Å². The molecule has 3 aromatic rings. The number of thiophene rings is 1.